The number of benzene rings is 1. The van der Waals surface area contributed by atoms with E-state index in [1.54, 1.807) is 24.3 Å². The molecule has 1 aliphatic carbocycles. The number of carbonyl (C=O) groups is 3. The topological polar surface area (TPSA) is 90.5 Å². The van der Waals surface area contributed by atoms with Gasteiger partial charge in [0.2, 0.25) is 17.7 Å². The Kier molecular flexibility index (Phi) is 6.28. The van der Waals surface area contributed by atoms with Gasteiger partial charge >= 0.3 is 0 Å². The molecular formula is C18H21ClN4O3S. The van der Waals surface area contributed by atoms with Crippen molar-refractivity contribution in [1.29, 1.82) is 0 Å². The van der Waals surface area contributed by atoms with Gasteiger partial charge in [0, 0.05) is 23.7 Å². The number of nitrogens with zero attached hydrogens (tertiary/aromatic N) is 1. The summed E-state index contributed by atoms with van der Waals surface area (Å²) in [6.45, 7) is 0.0899. The van der Waals surface area contributed by atoms with E-state index in [9.17, 15) is 14.4 Å². The van der Waals surface area contributed by atoms with Gasteiger partial charge in [0.25, 0.3) is 0 Å². The zero-order valence-corrected chi connectivity index (χ0v) is 16.2. The van der Waals surface area contributed by atoms with Crippen LogP contribution in [0.25, 0.3) is 0 Å². The molecule has 0 unspecified atom stereocenters. The Hall–Kier alpha value is -2.19. The minimum Gasteiger partial charge on any atom is -0.331 e. The lowest BCUT2D eigenvalue weighted by Crippen LogP contribution is -2.45. The zero-order valence-electron chi connectivity index (χ0n) is 14.7. The number of likely N-dealkylation sites (tertiary alicyclic amines) is 1. The summed E-state index contributed by atoms with van der Waals surface area (Å²) in [7, 11) is 0. The van der Waals surface area contributed by atoms with E-state index in [0.29, 0.717) is 10.7 Å². The number of hydrogen-bond acceptors (Lipinski definition) is 4. The molecule has 1 aromatic rings. The van der Waals surface area contributed by atoms with Gasteiger partial charge in [-0.2, -0.15) is 0 Å². The molecule has 7 nitrogen and oxygen atoms in total. The SMILES string of the molecule is O=C(CCN1C(=O)[C@H]2CCCC[C@H]2C1=O)NNC(=S)Nc1cccc(Cl)c1. The van der Waals surface area contributed by atoms with E-state index in [1.165, 1.54) is 4.90 Å². The lowest BCUT2D eigenvalue weighted by atomic mass is 9.81. The second-order valence-electron chi connectivity index (χ2n) is 6.71. The summed E-state index contributed by atoms with van der Waals surface area (Å²) in [4.78, 5) is 38.0. The molecule has 2 aliphatic rings. The van der Waals surface area contributed by atoms with Crippen molar-refractivity contribution < 1.29 is 14.4 Å². The molecule has 27 heavy (non-hydrogen) atoms. The second-order valence-corrected chi connectivity index (χ2v) is 7.56. The predicted octanol–water partition coefficient (Wildman–Crippen LogP) is 2.22. The van der Waals surface area contributed by atoms with Gasteiger partial charge in [0.15, 0.2) is 5.11 Å². The number of nitrogens with one attached hydrogen (secondary N) is 3. The number of halogens is 1. The second kappa shape index (κ2) is 8.67. The number of imide groups is 1. The van der Waals surface area contributed by atoms with Gasteiger partial charge in [-0.05, 0) is 43.3 Å². The minimum absolute atomic E-state index is 0.0176. The maximum Gasteiger partial charge on any atom is 0.240 e. The van der Waals surface area contributed by atoms with Crippen LogP contribution in [-0.2, 0) is 14.4 Å². The molecular weight excluding hydrogens is 388 g/mol. The van der Waals surface area contributed by atoms with Crippen molar-refractivity contribution in [3.8, 4) is 0 Å². The normalized spacial score (nSPS) is 21.6. The number of thiocarbonyl (C=S) groups is 1. The van der Waals surface area contributed by atoms with Crippen LogP contribution in [-0.4, -0.2) is 34.3 Å². The van der Waals surface area contributed by atoms with E-state index < -0.39 is 0 Å². The summed E-state index contributed by atoms with van der Waals surface area (Å²) in [5, 5.41) is 3.65. The standard InChI is InChI=1S/C18H21ClN4O3S/c19-11-4-3-5-12(10-11)20-18(27)22-21-15(24)8-9-23-16(25)13-6-1-2-7-14(13)17(23)26/h3-5,10,13-14H,1-2,6-9H2,(H,21,24)(H2,20,22,27)/t13-,14+. The van der Waals surface area contributed by atoms with Crippen LogP contribution in [0.3, 0.4) is 0 Å². The summed E-state index contributed by atoms with van der Waals surface area (Å²) >= 11 is 11.0. The van der Waals surface area contributed by atoms with Crippen LogP contribution in [0.1, 0.15) is 32.1 Å². The first-order chi connectivity index (χ1) is 13.0. The molecule has 3 amide bonds. The third-order valence-electron chi connectivity index (χ3n) is 4.89. The first-order valence-corrected chi connectivity index (χ1v) is 9.71. The highest BCUT2D eigenvalue weighted by Crippen LogP contribution is 2.37. The molecule has 0 spiro atoms. The average Bonchev–Trinajstić information content (AvgIpc) is 2.89. The Balaban J connectivity index is 1.42. The minimum atomic E-state index is -0.360. The fourth-order valence-corrected chi connectivity index (χ4v) is 3.94. The molecule has 3 N–H and O–H groups in total. The van der Waals surface area contributed by atoms with E-state index in [0.717, 1.165) is 25.7 Å². The van der Waals surface area contributed by atoms with Crippen molar-refractivity contribution in [2.24, 2.45) is 11.8 Å². The van der Waals surface area contributed by atoms with E-state index in [4.69, 9.17) is 23.8 Å². The smallest absolute Gasteiger partial charge is 0.240 e. The van der Waals surface area contributed by atoms with E-state index >= 15 is 0 Å². The third-order valence-corrected chi connectivity index (χ3v) is 5.33. The maximum atomic E-state index is 12.4. The van der Waals surface area contributed by atoms with Crippen molar-refractivity contribution in [2.45, 2.75) is 32.1 Å². The molecule has 1 heterocycles. The summed E-state index contributed by atoms with van der Waals surface area (Å²) in [5.74, 6) is -1.02. The molecule has 1 saturated heterocycles. The van der Waals surface area contributed by atoms with Crippen molar-refractivity contribution >= 4 is 52.3 Å². The van der Waals surface area contributed by atoms with Crippen molar-refractivity contribution in [1.82, 2.24) is 15.8 Å². The summed E-state index contributed by atoms with van der Waals surface area (Å²) in [5.41, 5.74) is 5.73. The van der Waals surface area contributed by atoms with Crippen molar-refractivity contribution in [3.63, 3.8) is 0 Å². The van der Waals surface area contributed by atoms with E-state index in [1.807, 2.05) is 0 Å². The summed E-state index contributed by atoms with van der Waals surface area (Å²) in [6, 6.07) is 6.99. The summed E-state index contributed by atoms with van der Waals surface area (Å²) in [6.07, 6.45) is 3.51. The Labute approximate surface area is 167 Å². The zero-order chi connectivity index (χ0) is 19.4. The number of rotatable bonds is 4. The van der Waals surface area contributed by atoms with Crippen LogP contribution in [0.15, 0.2) is 24.3 Å². The van der Waals surface area contributed by atoms with Crippen LogP contribution in [0.4, 0.5) is 5.69 Å². The monoisotopic (exact) mass is 408 g/mol. The number of carbonyl (C=O) groups excluding carboxylic acids is 3. The van der Waals surface area contributed by atoms with Gasteiger partial charge in [-0.1, -0.05) is 30.5 Å². The number of fused-ring (bicyclic) bond motifs is 1. The maximum absolute atomic E-state index is 12.4. The largest absolute Gasteiger partial charge is 0.331 e. The van der Waals surface area contributed by atoms with Gasteiger partial charge < -0.3 is 5.32 Å². The fraction of sp³-hybridized carbons (Fsp3) is 0.444. The van der Waals surface area contributed by atoms with Gasteiger partial charge in [0.1, 0.15) is 0 Å². The Morgan fingerprint density at radius 3 is 2.44 bits per heavy atom. The first-order valence-electron chi connectivity index (χ1n) is 8.92. The number of amides is 3. The van der Waals surface area contributed by atoms with Crippen LogP contribution in [0.2, 0.25) is 5.02 Å². The molecule has 3 rings (SSSR count). The number of hydrazine groups is 1. The molecule has 0 radical (unpaired) electrons. The molecule has 1 aromatic carbocycles. The molecule has 2 atom stereocenters. The molecule has 0 bridgehead atoms. The molecule has 1 saturated carbocycles. The molecule has 144 valence electrons. The highest BCUT2D eigenvalue weighted by atomic mass is 35.5. The van der Waals surface area contributed by atoms with Crippen molar-refractivity contribution in [2.75, 3.05) is 11.9 Å². The van der Waals surface area contributed by atoms with Crippen LogP contribution in [0.5, 0.6) is 0 Å². The average molecular weight is 409 g/mol. The van der Waals surface area contributed by atoms with Gasteiger partial charge in [-0.15, -0.1) is 0 Å². The van der Waals surface area contributed by atoms with Gasteiger partial charge in [0.05, 0.1) is 11.8 Å². The first kappa shape index (κ1) is 19.6. The molecule has 1 aliphatic heterocycles. The van der Waals surface area contributed by atoms with Gasteiger partial charge in [-0.3, -0.25) is 30.1 Å². The Morgan fingerprint density at radius 2 is 1.81 bits per heavy atom. The quantitative estimate of drug-likeness (QED) is 0.402. The molecule has 2 fully saturated rings. The van der Waals surface area contributed by atoms with E-state index in [2.05, 4.69) is 16.2 Å². The number of hydrogen-bond donors (Lipinski definition) is 3. The molecule has 9 heteroatoms. The van der Waals surface area contributed by atoms with Gasteiger partial charge in [-0.25, -0.2) is 0 Å². The van der Waals surface area contributed by atoms with Crippen LogP contribution < -0.4 is 16.2 Å². The summed E-state index contributed by atoms with van der Waals surface area (Å²) < 4.78 is 0. The lowest BCUT2D eigenvalue weighted by Gasteiger charge is -2.19. The third kappa shape index (κ3) is 4.75. The number of anilines is 1. The fourth-order valence-electron chi connectivity index (χ4n) is 3.58. The highest BCUT2D eigenvalue weighted by Gasteiger charge is 2.47. The van der Waals surface area contributed by atoms with Crippen molar-refractivity contribution in [3.05, 3.63) is 29.3 Å². The van der Waals surface area contributed by atoms with Crippen LogP contribution in [0, 0.1) is 11.8 Å². The predicted molar refractivity (Wildman–Crippen MR) is 106 cm³/mol. The Bertz CT molecular complexity index is 749. The lowest BCUT2D eigenvalue weighted by molar-refractivity contribution is -0.140. The van der Waals surface area contributed by atoms with Crippen LogP contribution >= 0.6 is 23.8 Å². The highest BCUT2D eigenvalue weighted by molar-refractivity contribution is 7.80. The van der Waals surface area contributed by atoms with E-state index in [-0.39, 0.29) is 47.6 Å². The molecule has 0 aromatic heterocycles. The Morgan fingerprint density at radius 1 is 1.15 bits per heavy atom.